The average molecular weight is 204 g/mol. The van der Waals surface area contributed by atoms with Gasteiger partial charge in [0.25, 0.3) is 0 Å². The molecular weight excluding hydrogens is 199 g/mol. The Morgan fingerprint density at radius 1 is 1.25 bits per heavy atom. The molecule has 0 radical (unpaired) electrons. The maximum absolute atomic E-state index is 8.88. The summed E-state index contributed by atoms with van der Waals surface area (Å²) in [5.41, 5.74) is 0. The quantitative estimate of drug-likeness (QED) is 0.340. The summed E-state index contributed by atoms with van der Waals surface area (Å²) in [5.74, 6) is 0. The number of phosphoric acid groups is 1. The molecule has 0 spiro atoms. The van der Waals surface area contributed by atoms with Crippen LogP contribution in [0.2, 0.25) is 0 Å². The van der Waals surface area contributed by atoms with E-state index in [0.29, 0.717) is 0 Å². The molecule has 5 nitrogen and oxygen atoms in total. The molecule has 8 heteroatoms. The van der Waals surface area contributed by atoms with Gasteiger partial charge in [-0.2, -0.15) is 0 Å². The number of rotatable bonds is 0. The Bertz CT molecular complexity index is 75.5. The molecule has 8 heavy (non-hydrogen) atoms. The van der Waals surface area contributed by atoms with Crippen molar-refractivity contribution in [2.24, 2.45) is 0 Å². The van der Waals surface area contributed by atoms with Crippen molar-refractivity contribution in [3.05, 3.63) is 0 Å². The molecule has 0 saturated carbocycles. The van der Waals surface area contributed by atoms with E-state index in [9.17, 15) is 0 Å². The minimum atomic E-state index is -4.64. The van der Waals surface area contributed by atoms with Gasteiger partial charge in [-0.1, -0.05) is 0 Å². The van der Waals surface area contributed by atoms with Crippen molar-refractivity contribution in [1.29, 1.82) is 0 Å². The normalized spacial score (nSPS) is 7.75. The second-order valence-electron chi connectivity index (χ2n) is 0.513. The van der Waals surface area contributed by atoms with Crippen LogP contribution in [-0.4, -0.2) is 52.4 Å². The van der Waals surface area contributed by atoms with Crippen molar-refractivity contribution in [3.8, 4) is 0 Å². The van der Waals surface area contributed by atoms with Crippen LogP contribution >= 0.6 is 7.82 Å². The second kappa shape index (κ2) is 8.88. The van der Waals surface area contributed by atoms with Gasteiger partial charge in [-0.25, -0.2) is 4.57 Å². The summed E-state index contributed by atoms with van der Waals surface area (Å²) in [5, 5.41) is 0. The molecule has 0 aliphatic rings. The number of hydrogen-bond donors (Lipinski definition) is 3. The van der Waals surface area contributed by atoms with Crippen LogP contribution in [0.15, 0.2) is 0 Å². The summed E-state index contributed by atoms with van der Waals surface area (Å²) in [7, 11) is -4.64. The molecule has 0 aromatic heterocycles. The first kappa shape index (κ1) is 16.5. The van der Waals surface area contributed by atoms with Crippen LogP contribution in [0.4, 0.5) is 0 Å². The van der Waals surface area contributed by atoms with Gasteiger partial charge in [-0.3, -0.25) is 0 Å². The second-order valence-corrected chi connectivity index (χ2v) is 1.54. The SMILES string of the molecule is O=P(O)(O)O.[Ca+2].[H-].[H-].[O]=[Ti]. The Hall–Kier alpha value is 1.88. The van der Waals surface area contributed by atoms with E-state index in [1.165, 1.54) is 0 Å². The fraction of sp³-hybridized carbons (Fsp3) is 0. The molecule has 0 bridgehead atoms. The molecule has 0 unspecified atom stereocenters. The van der Waals surface area contributed by atoms with Crippen molar-refractivity contribution in [3.63, 3.8) is 0 Å². The third-order valence-corrected chi connectivity index (χ3v) is 0. The summed E-state index contributed by atoms with van der Waals surface area (Å²) < 4.78 is 17.1. The van der Waals surface area contributed by atoms with Gasteiger partial charge in [0, 0.05) is 0 Å². The monoisotopic (exact) mass is 204 g/mol. The van der Waals surface area contributed by atoms with Gasteiger partial charge in [0.15, 0.2) is 0 Å². The average Bonchev–Trinajstić information content (AvgIpc) is 1.36. The molecule has 0 aliphatic heterocycles. The molecule has 0 atom stereocenters. The van der Waals surface area contributed by atoms with E-state index < -0.39 is 7.82 Å². The van der Waals surface area contributed by atoms with Crippen molar-refractivity contribution < 1.29 is 45.8 Å². The molecule has 0 saturated heterocycles. The molecule has 0 aliphatic carbocycles. The Morgan fingerprint density at radius 2 is 1.25 bits per heavy atom. The fourth-order valence-electron chi connectivity index (χ4n) is 0. The first-order valence-electron chi connectivity index (χ1n) is 0.987. The first-order valence-corrected chi connectivity index (χ1v) is 3.19. The van der Waals surface area contributed by atoms with Crippen molar-refractivity contribution >= 4 is 45.6 Å². The van der Waals surface area contributed by atoms with Crippen molar-refractivity contribution in [2.75, 3.05) is 0 Å². The molecule has 0 rings (SSSR count). The van der Waals surface area contributed by atoms with Crippen LogP contribution in [0, 0.1) is 0 Å². The standard InChI is InChI=1S/Ca.H3O4P.O.Ti.2H/c;1-5(2,3)4;;;;/h;(H3,1,2,3,4);;;;/q+2;;;;2*-1. The van der Waals surface area contributed by atoms with Crippen LogP contribution in [0.1, 0.15) is 2.85 Å². The predicted molar refractivity (Wildman–Crippen MR) is 22.9 cm³/mol. The molecule has 0 aromatic rings. The summed E-state index contributed by atoms with van der Waals surface area (Å²) in [4.78, 5) is 21.6. The first-order chi connectivity index (χ1) is 3.00. The topological polar surface area (TPSA) is 94.8 Å². The van der Waals surface area contributed by atoms with Gasteiger partial charge in [0.2, 0.25) is 0 Å². The molecule has 0 fully saturated rings. The zero-order chi connectivity index (χ0) is 6.50. The Kier molecular flexibility index (Phi) is 18.3. The Morgan fingerprint density at radius 3 is 1.25 bits per heavy atom. The van der Waals surface area contributed by atoms with Gasteiger partial charge in [-0.15, -0.1) is 0 Å². The zero-order valence-electron chi connectivity index (χ0n) is 5.81. The van der Waals surface area contributed by atoms with Crippen molar-refractivity contribution in [1.82, 2.24) is 0 Å². The van der Waals surface area contributed by atoms with E-state index in [1.54, 1.807) is 0 Å². The Labute approximate surface area is 90.4 Å². The van der Waals surface area contributed by atoms with E-state index in [-0.39, 0.29) is 40.6 Å². The van der Waals surface area contributed by atoms with E-state index in [1.807, 2.05) is 0 Å². The van der Waals surface area contributed by atoms with Gasteiger partial charge in [0.05, 0.1) is 0 Å². The van der Waals surface area contributed by atoms with Crippen LogP contribution < -0.4 is 0 Å². The van der Waals surface area contributed by atoms with E-state index >= 15 is 0 Å². The summed E-state index contributed by atoms with van der Waals surface area (Å²) in [6, 6.07) is 0. The van der Waals surface area contributed by atoms with Crippen LogP contribution in [-0.2, 0) is 28.3 Å². The van der Waals surface area contributed by atoms with Gasteiger partial charge >= 0.3 is 69.3 Å². The molecule has 0 heterocycles. The van der Waals surface area contributed by atoms with Gasteiger partial charge in [0.1, 0.15) is 0 Å². The van der Waals surface area contributed by atoms with Crippen LogP contribution in [0.25, 0.3) is 0 Å². The predicted octanol–water partition coefficient (Wildman–Crippen LogP) is -1.21. The number of hydrogen-bond acceptors (Lipinski definition) is 2. The van der Waals surface area contributed by atoms with E-state index in [4.69, 9.17) is 22.6 Å². The maximum atomic E-state index is 8.88. The summed E-state index contributed by atoms with van der Waals surface area (Å²) >= 11 is 0.750. The minimum absolute atomic E-state index is 0. The Balaban J connectivity index is -0.0000000154. The van der Waals surface area contributed by atoms with Crippen LogP contribution in [0.5, 0.6) is 0 Å². The van der Waals surface area contributed by atoms with Gasteiger partial charge in [-0.05, 0) is 0 Å². The van der Waals surface area contributed by atoms with Crippen LogP contribution in [0.3, 0.4) is 0 Å². The van der Waals surface area contributed by atoms with Gasteiger partial charge < -0.3 is 17.5 Å². The zero-order valence-corrected chi connectivity index (χ0v) is 8.48. The molecule has 3 N–H and O–H groups in total. The molecular formula is H5CaO5PTi. The van der Waals surface area contributed by atoms with Crippen molar-refractivity contribution in [2.45, 2.75) is 0 Å². The fourth-order valence-corrected chi connectivity index (χ4v) is 0. The van der Waals surface area contributed by atoms with E-state index in [2.05, 4.69) is 0 Å². The molecule has 46 valence electrons. The van der Waals surface area contributed by atoms with E-state index in [0.717, 1.165) is 20.4 Å². The summed E-state index contributed by atoms with van der Waals surface area (Å²) in [6.45, 7) is 0. The molecule has 0 aromatic carbocycles. The third kappa shape index (κ3) is 105. The third-order valence-electron chi connectivity index (χ3n) is 0. The molecule has 0 amide bonds. The summed E-state index contributed by atoms with van der Waals surface area (Å²) in [6.07, 6.45) is 0.